The van der Waals surface area contributed by atoms with Gasteiger partial charge < -0.3 is 0 Å². The van der Waals surface area contributed by atoms with Gasteiger partial charge in [0.05, 0.1) is 6.26 Å². The topological polar surface area (TPSA) is 40.6 Å². The highest BCUT2D eigenvalue weighted by molar-refractivity contribution is 7.88. The number of fused-ring (bicyclic) bond motifs is 1. The first-order valence-corrected chi connectivity index (χ1v) is 9.17. The van der Waals surface area contributed by atoms with Crippen molar-refractivity contribution >= 4 is 10.0 Å². The molecule has 1 unspecified atom stereocenters. The molecule has 0 spiro atoms. The molecule has 0 amide bonds. The van der Waals surface area contributed by atoms with E-state index in [1.807, 2.05) is 0 Å². The third-order valence-corrected chi connectivity index (χ3v) is 5.82. The summed E-state index contributed by atoms with van der Waals surface area (Å²) >= 11 is 0. The molecule has 1 aromatic rings. The molecule has 20 heavy (non-hydrogen) atoms. The minimum atomic E-state index is -3.03. The molecule has 110 valence electrons. The number of sulfonamides is 1. The molecule has 4 nitrogen and oxygen atoms in total. The minimum Gasteiger partial charge on any atom is -0.294 e. The molecule has 0 radical (unpaired) electrons. The first-order valence-electron chi connectivity index (χ1n) is 7.33. The van der Waals surface area contributed by atoms with Crippen LogP contribution in [-0.4, -0.2) is 50.1 Å². The second-order valence-electron chi connectivity index (χ2n) is 5.80. The predicted octanol–water partition coefficient (Wildman–Crippen LogP) is 1.64. The lowest BCUT2D eigenvalue weighted by Gasteiger charge is -2.40. The molecule has 1 atom stereocenters. The first kappa shape index (κ1) is 14.0. The Morgan fingerprint density at radius 1 is 1.10 bits per heavy atom. The molecule has 0 aromatic heterocycles. The van der Waals surface area contributed by atoms with Crippen LogP contribution in [0.4, 0.5) is 0 Å². The summed E-state index contributed by atoms with van der Waals surface area (Å²) in [6.45, 7) is 2.92. The van der Waals surface area contributed by atoms with Gasteiger partial charge in [-0.2, -0.15) is 4.31 Å². The number of nitrogens with zero attached hydrogens (tertiary/aromatic N) is 2. The third-order valence-electron chi connectivity index (χ3n) is 4.52. The van der Waals surface area contributed by atoms with Gasteiger partial charge >= 0.3 is 0 Å². The van der Waals surface area contributed by atoms with Crippen LogP contribution >= 0.6 is 0 Å². The fourth-order valence-corrected chi connectivity index (χ4v) is 4.28. The SMILES string of the molecule is CS(=O)(=O)N1CCN(C2CCCc3ccccc32)CC1. The quantitative estimate of drug-likeness (QED) is 0.832. The first-order chi connectivity index (χ1) is 9.55. The molecule has 1 aliphatic heterocycles. The van der Waals surface area contributed by atoms with Crippen molar-refractivity contribution in [2.75, 3.05) is 32.4 Å². The van der Waals surface area contributed by atoms with Crippen LogP contribution in [0.5, 0.6) is 0 Å². The molecule has 0 N–H and O–H groups in total. The van der Waals surface area contributed by atoms with E-state index in [0.717, 1.165) is 13.1 Å². The monoisotopic (exact) mass is 294 g/mol. The Morgan fingerprint density at radius 3 is 2.50 bits per heavy atom. The number of piperazine rings is 1. The Balaban J connectivity index is 1.74. The van der Waals surface area contributed by atoms with Crippen molar-refractivity contribution < 1.29 is 8.42 Å². The van der Waals surface area contributed by atoms with Crippen molar-refractivity contribution in [1.29, 1.82) is 0 Å². The Labute approximate surface area is 121 Å². The van der Waals surface area contributed by atoms with Crippen molar-refractivity contribution in [3.05, 3.63) is 35.4 Å². The number of hydrogen-bond donors (Lipinski definition) is 0. The minimum absolute atomic E-state index is 0.474. The molecule has 2 aliphatic rings. The molecule has 1 aromatic carbocycles. The summed E-state index contributed by atoms with van der Waals surface area (Å²) in [7, 11) is -3.03. The van der Waals surface area contributed by atoms with Crippen LogP contribution in [0.1, 0.15) is 30.0 Å². The smallest absolute Gasteiger partial charge is 0.211 e. The standard InChI is InChI=1S/C15H22N2O2S/c1-20(18,19)17-11-9-16(10-12-17)15-8-4-6-13-5-2-3-7-14(13)15/h2-3,5,7,15H,4,6,8-12H2,1H3. The zero-order valence-electron chi connectivity index (χ0n) is 12.0. The summed E-state index contributed by atoms with van der Waals surface area (Å²) in [6.07, 6.45) is 4.90. The number of aryl methyl sites for hydroxylation is 1. The largest absolute Gasteiger partial charge is 0.294 e. The van der Waals surface area contributed by atoms with Gasteiger partial charge in [-0.1, -0.05) is 24.3 Å². The van der Waals surface area contributed by atoms with Crippen LogP contribution in [0.3, 0.4) is 0 Å². The fraction of sp³-hybridized carbons (Fsp3) is 0.600. The van der Waals surface area contributed by atoms with Crippen molar-refractivity contribution in [3.8, 4) is 0 Å². The fourth-order valence-electron chi connectivity index (χ4n) is 3.45. The van der Waals surface area contributed by atoms with E-state index in [0.29, 0.717) is 19.1 Å². The van der Waals surface area contributed by atoms with Crippen molar-refractivity contribution in [1.82, 2.24) is 9.21 Å². The van der Waals surface area contributed by atoms with E-state index >= 15 is 0 Å². The molecule has 1 heterocycles. The van der Waals surface area contributed by atoms with Crippen LogP contribution in [0, 0.1) is 0 Å². The third kappa shape index (κ3) is 2.75. The second kappa shape index (κ2) is 5.47. The number of hydrogen-bond acceptors (Lipinski definition) is 3. The lowest BCUT2D eigenvalue weighted by atomic mass is 9.86. The van der Waals surface area contributed by atoms with Gasteiger partial charge in [-0.25, -0.2) is 8.42 Å². The Kier molecular flexibility index (Phi) is 3.84. The van der Waals surface area contributed by atoms with Gasteiger partial charge in [-0.15, -0.1) is 0 Å². The maximum absolute atomic E-state index is 11.6. The van der Waals surface area contributed by atoms with Gasteiger partial charge in [0.15, 0.2) is 0 Å². The maximum atomic E-state index is 11.6. The lowest BCUT2D eigenvalue weighted by Crippen LogP contribution is -2.49. The average molecular weight is 294 g/mol. The highest BCUT2D eigenvalue weighted by Gasteiger charge is 2.30. The Bertz CT molecular complexity index is 577. The Morgan fingerprint density at radius 2 is 1.80 bits per heavy atom. The summed E-state index contributed by atoms with van der Waals surface area (Å²) in [5, 5.41) is 0. The summed E-state index contributed by atoms with van der Waals surface area (Å²) in [4.78, 5) is 2.46. The predicted molar refractivity (Wildman–Crippen MR) is 80.1 cm³/mol. The number of benzene rings is 1. The summed E-state index contributed by atoms with van der Waals surface area (Å²) in [6, 6.07) is 9.17. The molecule has 1 saturated heterocycles. The van der Waals surface area contributed by atoms with E-state index in [-0.39, 0.29) is 0 Å². The van der Waals surface area contributed by atoms with Crippen molar-refractivity contribution in [2.45, 2.75) is 25.3 Å². The highest BCUT2D eigenvalue weighted by Crippen LogP contribution is 2.34. The van der Waals surface area contributed by atoms with Gasteiger partial charge in [0.25, 0.3) is 0 Å². The molecule has 3 rings (SSSR count). The highest BCUT2D eigenvalue weighted by atomic mass is 32.2. The van der Waals surface area contributed by atoms with Crippen molar-refractivity contribution in [3.63, 3.8) is 0 Å². The molecule has 1 fully saturated rings. The molecule has 0 saturated carbocycles. The van der Waals surface area contributed by atoms with Crippen LogP contribution in [0.15, 0.2) is 24.3 Å². The Hall–Kier alpha value is -0.910. The van der Waals surface area contributed by atoms with Crippen LogP contribution in [0.2, 0.25) is 0 Å². The zero-order valence-corrected chi connectivity index (χ0v) is 12.8. The molecular weight excluding hydrogens is 272 g/mol. The van der Waals surface area contributed by atoms with Gasteiger partial charge in [0, 0.05) is 32.2 Å². The van der Waals surface area contributed by atoms with Gasteiger partial charge in [0.1, 0.15) is 0 Å². The normalized spacial score (nSPS) is 25.4. The van der Waals surface area contributed by atoms with Crippen LogP contribution in [-0.2, 0) is 16.4 Å². The number of rotatable bonds is 2. The van der Waals surface area contributed by atoms with Gasteiger partial charge in [-0.3, -0.25) is 4.90 Å². The van der Waals surface area contributed by atoms with E-state index < -0.39 is 10.0 Å². The van der Waals surface area contributed by atoms with E-state index in [2.05, 4.69) is 29.2 Å². The molecule has 0 bridgehead atoms. The van der Waals surface area contributed by atoms with E-state index in [1.165, 1.54) is 36.6 Å². The molecule has 5 heteroatoms. The molecular formula is C15H22N2O2S. The van der Waals surface area contributed by atoms with Gasteiger partial charge in [-0.05, 0) is 30.4 Å². The zero-order chi connectivity index (χ0) is 14.2. The summed E-state index contributed by atoms with van der Waals surface area (Å²) < 4.78 is 24.7. The van der Waals surface area contributed by atoms with Crippen LogP contribution in [0.25, 0.3) is 0 Å². The average Bonchev–Trinajstić information content (AvgIpc) is 2.46. The second-order valence-corrected chi connectivity index (χ2v) is 7.79. The maximum Gasteiger partial charge on any atom is 0.211 e. The van der Waals surface area contributed by atoms with E-state index in [9.17, 15) is 8.42 Å². The lowest BCUT2D eigenvalue weighted by molar-refractivity contribution is 0.125. The van der Waals surface area contributed by atoms with Crippen LogP contribution < -0.4 is 0 Å². The van der Waals surface area contributed by atoms with Gasteiger partial charge in [0.2, 0.25) is 10.0 Å². The van der Waals surface area contributed by atoms with Crippen molar-refractivity contribution in [2.24, 2.45) is 0 Å². The molecule has 1 aliphatic carbocycles. The summed E-state index contributed by atoms with van der Waals surface area (Å²) in [5.74, 6) is 0. The summed E-state index contributed by atoms with van der Waals surface area (Å²) in [5.41, 5.74) is 2.92. The van der Waals surface area contributed by atoms with E-state index in [4.69, 9.17) is 0 Å². The van der Waals surface area contributed by atoms with E-state index in [1.54, 1.807) is 4.31 Å².